The van der Waals surface area contributed by atoms with Gasteiger partial charge in [0, 0.05) is 49.4 Å². The zero-order valence-electron chi connectivity index (χ0n) is 27.3. The van der Waals surface area contributed by atoms with Gasteiger partial charge in [0.05, 0.1) is 5.75 Å². The van der Waals surface area contributed by atoms with E-state index in [2.05, 4.69) is 18.7 Å². The van der Waals surface area contributed by atoms with Crippen molar-refractivity contribution >= 4 is 51.0 Å². The van der Waals surface area contributed by atoms with E-state index in [-0.39, 0.29) is 31.5 Å². The fraction of sp³-hybridized carbons (Fsp3) is 0.371. The predicted octanol–water partition coefficient (Wildman–Crippen LogP) is 5.32. The smallest absolute Gasteiger partial charge is 0.333 e. The minimum absolute atomic E-state index is 0.0574. The van der Waals surface area contributed by atoms with Crippen molar-refractivity contribution in [3.8, 4) is 0 Å². The lowest BCUT2D eigenvalue weighted by molar-refractivity contribution is -0.138. The fourth-order valence-corrected chi connectivity index (χ4v) is 6.31. The van der Waals surface area contributed by atoms with Crippen LogP contribution in [0.5, 0.6) is 0 Å². The van der Waals surface area contributed by atoms with Crippen LogP contribution in [0.1, 0.15) is 69.6 Å². The molecule has 0 aromatic heterocycles. The van der Waals surface area contributed by atoms with E-state index in [4.69, 9.17) is 9.84 Å². The van der Waals surface area contributed by atoms with Crippen LogP contribution in [0, 0.1) is 0 Å². The zero-order chi connectivity index (χ0) is 35.0. The van der Waals surface area contributed by atoms with Crippen molar-refractivity contribution in [2.24, 2.45) is 0 Å². The van der Waals surface area contributed by atoms with Gasteiger partial charge in [0.15, 0.2) is 0 Å². The van der Waals surface area contributed by atoms with E-state index in [9.17, 15) is 32.1 Å². The molecular weight excluding hydrogens is 638 g/mol. The molecule has 2 aliphatic heterocycles. The first kappa shape index (κ1) is 36.1. The second-order valence-corrected chi connectivity index (χ2v) is 13.0. The first-order chi connectivity index (χ1) is 22.9. The predicted molar refractivity (Wildman–Crippen MR) is 181 cm³/mol. The molecule has 0 unspecified atom stereocenters. The number of amides is 4. The molecule has 13 heteroatoms. The molecule has 0 aliphatic carbocycles. The highest BCUT2D eigenvalue weighted by Gasteiger charge is 2.41. The largest absolute Gasteiger partial charge is 0.481 e. The number of unbranched alkanes of at least 4 members (excludes halogenated alkanes) is 2. The van der Waals surface area contributed by atoms with Crippen molar-refractivity contribution in [2.75, 3.05) is 36.8 Å². The Labute approximate surface area is 280 Å². The monoisotopic (exact) mass is 679 g/mol. The Kier molecular flexibility index (Phi) is 12.0. The third kappa shape index (κ3) is 8.58. The van der Waals surface area contributed by atoms with E-state index >= 15 is 0 Å². The van der Waals surface area contributed by atoms with Crippen molar-refractivity contribution in [2.45, 2.75) is 52.9 Å². The van der Waals surface area contributed by atoms with E-state index in [0.717, 1.165) is 50.8 Å². The molecule has 0 radical (unpaired) electrons. The second kappa shape index (κ2) is 15.9. The van der Waals surface area contributed by atoms with Crippen LogP contribution in [0.2, 0.25) is 0 Å². The number of hydrogen-bond acceptors (Lipinski definition) is 8. The molecule has 0 bridgehead atoms. The maximum atomic E-state index is 13.6. The normalized spacial score (nSPS) is 16.9. The minimum atomic E-state index is -4.35. The summed E-state index contributed by atoms with van der Waals surface area (Å²) in [6, 6.07) is 15.0. The maximum absolute atomic E-state index is 13.6. The molecule has 2 aromatic carbocycles. The van der Waals surface area contributed by atoms with Gasteiger partial charge < -0.3 is 14.7 Å². The number of carboxylic acid groups (broad SMARTS) is 1. The molecule has 2 heterocycles. The number of nitrogens with zero attached hydrogens (tertiary/aromatic N) is 3. The van der Waals surface area contributed by atoms with E-state index in [1.54, 1.807) is 0 Å². The van der Waals surface area contributed by atoms with Crippen molar-refractivity contribution < 1.29 is 42.0 Å². The third-order valence-electron chi connectivity index (χ3n) is 8.21. The van der Waals surface area contributed by atoms with Crippen LogP contribution in [-0.4, -0.2) is 83.6 Å². The number of carbonyl (C=O) groups is 4. The first-order valence-corrected chi connectivity index (χ1v) is 17.6. The van der Waals surface area contributed by atoms with Gasteiger partial charge in [-0.1, -0.05) is 42.8 Å². The average Bonchev–Trinajstić information content (AvgIpc) is 3.04. The van der Waals surface area contributed by atoms with E-state index in [1.807, 2.05) is 55.5 Å². The topological polar surface area (TPSA) is 162 Å². The van der Waals surface area contributed by atoms with Crippen molar-refractivity contribution in [1.29, 1.82) is 0 Å². The Bertz CT molecular complexity index is 1760. The number of carbonyl (C=O) groups excluding carboxylic acids is 3. The summed E-state index contributed by atoms with van der Waals surface area (Å²) < 4.78 is 38.1. The molecule has 0 saturated carbocycles. The van der Waals surface area contributed by atoms with Gasteiger partial charge in [-0.25, -0.2) is 4.79 Å². The molecule has 2 aromatic rings. The molecule has 12 nitrogen and oxygen atoms in total. The van der Waals surface area contributed by atoms with E-state index in [1.165, 1.54) is 12.2 Å². The first-order valence-electron chi connectivity index (χ1n) is 16.0. The molecule has 2 N–H and O–H groups in total. The molecular formula is C35H41N3O9S. The van der Waals surface area contributed by atoms with Crippen LogP contribution in [-0.2, 0) is 29.2 Å². The summed E-state index contributed by atoms with van der Waals surface area (Å²) in [5, 5.41) is 8.92. The van der Waals surface area contributed by atoms with Crippen LogP contribution < -0.4 is 4.90 Å². The van der Waals surface area contributed by atoms with E-state index in [0.29, 0.717) is 30.8 Å². The zero-order valence-corrected chi connectivity index (χ0v) is 28.2. The van der Waals surface area contributed by atoms with Gasteiger partial charge in [-0.15, -0.1) is 0 Å². The van der Waals surface area contributed by atoms with Gasteiger partial charge in [-0.3, -0.25) is 28.7 Å². The van der Waals surface area contributed by atoms with Crippen LogP contribution in [0.4, 0.5) is 10.5 Å². The van der Waals surface area contributed by atoms with Crippen molar-refractivity contribution in [3.05, 3.63) is 88.7 Å². The highest BCUT2D eigenvalue weighted by Crippen LogP contribution is 2.41. The highest BCUT2D eigenvalue weighted by atomic mass is 32.2. The molecule has 4 amide bonds. The Morgan fingerprint density at radius 2 is 1.52 bits per heavy atom. The molecule has 256 valence electrons. The number of carboxylic acids is 1. The number of imide groups is 2. The number of fused-ring (bicyclic) bond motifs is 1. The molecule has 1 saturated heterocycles. The van der Waals surface area contributed by atoms with Crippen LogP contribution >= 0.6 is 0 Å². The Hall–Kier alpha value is -4.75. The average molecular weight is 680 g/mol. The Balaban J connectivity index is 1.75. The lowest BCUT2D eigenvalue weighted by Gasteiger charge is -2.34. The molecule has 2 aliphatic rings. The number of hydrogen-bond donors (Lipinski definition) is 2. The van der Waals surface area contributed by atoms with Crippen LogP contribution in [0.15, 0.2) is 72.0 Å². The second-order valence-electron chi connectivity index (χ2n) is 11.5. The summed E-state index contributed by atoms with van der Waals surface area (Å²) in [5.74, 6) is -2.35. The molecule has 0 spiro atoms. The summed E-state index contributed by atoms with van der Waals surface area (Å²) in [7, 11) is -4.35. The number of ether oxygens (including phenoxy) is 1. The van der Waals surface area contributed by atoms with Gasteiger partial charge in [-0.2, -0.15) is 8.42 Å². The van der Waals surface area contributed by atoms with Gasteiger partial charge in [0.25, 0.3) is 21.9 Å². The van der Waals surface area contributed by atoms with E-state index < -0.39 is 39.7 Å². The van der Waals surface area contributed by atoms with Crippen LogP contribution in [0.25, 0.3) is 11.3 Å². The molecule has 48 heavy (non-hydrogen) atoms. The summed E-state index contributed by atoms with van der Waals surface area (Å²) >= 11 is 0. The lowest BCUT2D eigenvalue weighted by Crippen LogP contribution is -2.56. The SMILES string of the molecule is CCN(CC)c1ccc2c(c1)C(=CC=C1C(=O)N(CCCCCC(=O)O)C(=O)N(CCCS(=O)(=O)O)C1=O)OC(C)=C2c1ccccc1. The summed E-state index contributed by atoms with van der Waals surface area (Å²) in [6.07, 6.45) is 3.63. The maximum Gasteiger partial charge on any atom is 0.333 e. The lowest BCUT2D eigenvalue weighted by atomic mass is 9.89. The minimum Gasteiger partial charge on any atom is -0.481 e. The summed E-state index contributed by atoms with van der Waals surface area (Å²) in [5.41, 5.74) is 4.14. The standard InChI is InChI=1S/C35H41N3O9S/c1-4-36(5-2)26-16-17-27-29(23-26)30(47-24(3)32(27)25-13-8-6-9-14-25)19-18-28-33(41)37(20-11-7-10-15-31(39)40)35(43)38(34(28)42)21-12-22-48(44,45)46/h6,8-9,13-14,16-19,23H,4-5,7,10-12,15,20-22H2,1-3H3,(H,39,40)(H,44,45,46). The number of anilines is 1. The summed E-state index contributed by atoms with van der Waals surface area (Å²) in [4.78, 5) is 55.2. The number of urea groups is 1. The van der Waals surface area contributed by atoms with Gasteiger partial charge in [0.1, 0.15) is 17.1 Å². The highest BCUT2D eigenvalue weighted by molar-refractivity contribution is 7.85. The van der Waals surface area contributed by atoms with Crippen molar-refractivity contribution in [3.63, 3.8) is 0 Å². The van der Waals surface area contributed by atoms with Gasteiger partial charge in [0.2, 0.25) is 0 Å². The van der Waals surface area contributed by atoms with Crippen molar-refractivity contribution in [1.82, 2.24) is 9.80 Å². The summed E-state index contributed by atoms with van der Waals surface area (Å²) in [6.45, 7) is 7.09. The third-order valence-corrected chi connectivity index (χ3v) is 9.02. The molecule has 4 rings (SSSR count). The van der Waals surface area contributed by atoms with Gasteiger partial charge >= 0.3 is 12.0 Å². The Morgan fingerprint density at radius 3 is 2.12 bits per heavy atom. The number of rotatable bonds is 15. The number of allylic oxidation sites excluding steroid dienone is 3. The number of barbiturate groups is 1. The Morgan fingerprint density at radius 1 is 0.875 bits per heavy atom. The fourth-order valence-electron chi connectivity index (χ4n) is 5.81. The number of aliphatic carboxylic acids is 1. The van der Waals surface area contributed by atoms with Crippen LogP contribution in [0.3, 0.4) is 0 Å². The van der Waals surface area contributed by atoms with Gasteiger partial charge in [-0.05, 0) is 75.4 Å². The molecule has 1 fully saturated rings. The molecule has 0 atom stereocenters. The number of benzene rings is 2. The quantitative estimate of drug-likeness (QED) is 0.109.